The van der Waals surface area contributed by atoms with Crippen LogP contribution in [-0.4, -0.2) is 22.4 Å². The van der Waals surface area contributed by atoms with E-state index in [9.17, 15) is 10.1 Å². The first kappa shape index (κ1) is 15.8. The first-order valence-electron chi connectivity index (χ1n) is 8.74. The van der Waals surface area contributed by atoms with Crippen molar-refractivity contribution in [1.82, 2.24) is 0 Å². The van der Waals surface area contributed by atoms with Crippen LogP contribution in [0.3, 0.4) is 0 Å². The highest BCUT2D eigenvalue weighted by atomic mass is 16.8. The average Bonchev–Trinajstić information content (AvgIpc) is 2.70. The minimum Gasteiger partial charge on any atom is -0.484 e. The highest BCUT2D eigenvalue weighted by molar-refractivity contribution is 5.53. The van der Waals surface area contributed by atoms with Crippen LogP contribution in [-0.2, 0) is 9.47 Å². The van der Waals surface area contributed by atoms with Gasteiger partial charge in [0.2, 0.25) is 0 Å². The van der Waals surface area contributed by atoms with Gasteiger partial charge in [-0.05, 0) is 45.6 Å². The van der Waals surface area contributed by atoms with Crippen LogP contribution >= 0.6 is 0 Å². The van der Waals surface area contributed by atoms with Gasteiger partial charge >= 0.3 is 0 Å². The Kier molecular flexibility index (Phi) is 3.58. The van der Waals surface area contributed by atoms with E-state index in [1.165, 1.54) is 18.9 Å². The van der Waals surface area contributed by atoms with Gasteiger partial charge in [0.25, 0.3) is 5.69 Å². The summed E-state index contributed by atoms with van der Waals surface area (Å²) in [5, 5.41) is 11.5. The third-order valence-corrected chi connectivity index (χ3v) is 5.40. The van der Waals surface area contributed by atoms with Crippen LogP contribution in [0.15, 0.2) is 18.2 Å². The number of ether oxygens (including phenoxy) is 3. The van der Waals surface area contributed by atoms with Crippen molar-refractivity contribution in [3.8, 4) is 5.75 Å². The van der Waals surface area contributed by atoms with Gasteiger partial charge < -0.3 is 14.2 Å². The van der Waals surface area contributed by atoms with E-state index >= 15 is 0 Å². The van der Waals surface area contributed by atoms with Gasteiger partial charge in [-0.1, -0.05) is 18.9 Å². The summed E-state index contributed by atoms with van der Waals surface area (Å²) < 4.78 is 18.8. The Morgan fingerprint density at radius 2 is 1.83 bits per heavy atom. The third-order valence-electron chi connectivity index (χ3n) is 5.40. The zero-order valence-electron chi connectivity index (χ0n) is 14.1. The summed E-state index contributed by atoms with van der Waals surface area (Å²) >= 11 is 0. The van der Waals surface area contributed by atoms with Crippen molar-refractivity contribution in [2.24, 2.45) is 0 Å². The Hall–Kier alpha value is -1.66. The molecule has 1 spiro atoms. The largest absolute Gasteiger partial charge is 0.484 e. The smallest absolute Gasteiger partial charge is 0.279 e. The standard InChI is InChI=1S/C18H23NO5/c1-17(2)23-15-14-12(19(20)21)8-7-9-13(14)22-18(16(15)24-17)10-5-3-4-6-11-18/h7-9,15-16H,3-6,10-11H2,1-2H3/t15-,16-/m1/s1. The van der Waals surface area contributed by atoms with E-state index in [1.807, 2.05) is 19.9 Å². The van der Waals surface area contributed by atoms with Gasteiger partial charge in [-0.25, -0.2) is 0 Å². The Morgan fingerprint density at radius 1 is 1.12 bits per heavy atom. The molecule has 1 aromatic carbocycles. The van der Waals surface area contributed by atoms with Crippen LogP contribution in [0.25, 0.3) is 0 Å². The van der Waals surface area contributed by atoms with Crippen molar-refractivity contribution in [3.63, 3.8) is 0 Å². The highest BCUT2D eigenvalue weighted by Gasteiger charge is 2.59. The number of nitrogens with zero attached hydrogens (tertiary/aromatic N) is 1. The topological polar surface area (TPSA) is 70.8 Å². The molecule has 1 saturated carbocycles. The second kappa shape index (κ2) is 5.43. The molecule has 130 valence electrons. The maximum absolute atomic E-state index is 11.5. The molecule has 2 heterocycles. The Labute approximate surface area is 141 Å². The summed E-state index contributed by atoms with van der Waals surface area (Å²) in [5.41, 5.74) is 0.122. The number of fused-ring (bicyclic) bond motifs is 4. The van der Waals surface area contributed by atoms with E-state index in [1.54, 1.807) is 6.07 Å². The van der Waals surface area contributed by atoms with Gasteiger partial charge in [-0.15, -0.1) is 0 Å². The summed E-state index contributed by atoms with van der Waals surface area (Å²) in [5.74, 6) is -0.197. The lowest BCUT2D eigenvalue weighted by atomic mass is 9.80. The van der Waals surface area contributed by atoms with Crippen LogP contribution in [0.2, 0.25) is 0 Å². The van der Waals surface area contributed by atoms with Crippen molar-refractivity contribution >= 4 is 5.69 Å². The number of hydrogen-bond acceptors (Lipinski definition) is 5. The maximum Gasteiger partial charge on any atom is 0.279 e. The van der Waals surface area contributed by atoms with Gasteiger partial charge in [-0.2, -0.15) is 0 Å². The van der Waals surface area contributed by atoms with Crippen molar-refractivity contribution in [1.29, 1.82) is 0 Å². The average molecular weight is 333 g/mol. The first-order chi connectivity index (χ1) is 11.4. The fourth-order valence-corrected chi connectivity index (χ4v) is 4.41. The molecule has 0 bridgehead atoms. The summed E-state index contributed by atoms with van der Waals surface area (Å²) in [4.78, 5) is 11.1. The van der Waals surface area contributed by atoms with E-state index in [0.29, 0.717) is 11.3 Å². The van der Waals surface area contributed by atoms with Crippen LogP contribution in [0.5, 0.6) is 5.75 Å². The van der Waals surface area contributed by atoms with E-state index in [0.717, 1.165) is 25.7 Å². The van der Waals surface area contributed by atoms with Gasteiger partial charge in [0.15, 0.2) is 5.79 Å². The molecule has 0 unspecified atom stereocenters. The minimum absolute atomic E-state index is 0.0484. The molecule has 2 aliphatic heterocycles. The lowest BCUT2D eigenvalue weighted by molar-refractivity contribution is -0.386. The van der Waals surface area contributed by atoms with Gasteiger partial charge in [0.05, 0.1) is 4.92 Å². The molecule has 2 fully saturated rings. The molecule has 24 heavy (non-hydrogen) atoms. The predicted molar refractivity (Wildman–Crippen MR) is 86.9 cm³/mol. The molecule has 0 aromatic heterocycles. The molecule has 6 nitrogen and oxygen atoms in total. The predicted octanol–water partition coefficient (Wildman–Crippen LogP) is 4.27. The lowest BCUT2D eigenvalue weighted by Crippen LogP contribution is -2.52. The number of benzene rings is 1. The molecule has 2 atom stereocenters. The van der Waals surface area contributed by atoms with Crippen LogP contribution in [0, 0.1) is 10.1 Å². The number of nitro groups is 1. The van der Waals surface area contributed by atoms with Crippen LogP contribution in [0.4, 0.5) is 5.69 Å². The zero-order valence-corrected chi connectivity index (χ0v) is 14.1. The van der Waals surface area contributed by atoms with Gasteiger partial charge in [-0.3, -0.25) is 10.1 Å². The summed E-state index contributed by atoms with van der Waals surface area (Å²) in [6, 6.07) is 5.02. The Bertz CT molecular complexity index is 663. The summed E-state index contributed by atoms with van der Waals surface area (Å²) in [6.07, 6.45) is 5.57. The van der Waals surface area contributed by atoms with E-state index in [2.05, 4.69) is 0 Å². The molecule has 0 radical (unpaired) electrons. The highest BCUT2D eigenvalue weighted by Crippen LogP contribution is 2.55. The van der Waals surface area contributed by atoms with Gasteiger partial charge in [0, 0.05) is 6.07 Å². The van der Waals surface area contributed by atoms with Crippen molar-refractivity contribution < 1.29 is 19.1 Å². The lowest BCUT2D eigenvalue weighted by Gasteiger charge is -2.44. The molecule has 0 N–H and O–H groups in total. The Balaban J connectivity index is 1.86. The fraction of sp³-hybridized carbons (Fsp3) is 0.667. The second-order valence-electron chi connectivity index (χ2n) is 7.50. The van der Waals surface area contributed by atoms with Crippen molar-refractivity contribution in [2.75, 3.05) is 0 Å². The number of hydrogen-bond donors (Lipinski definition) is 0. The Morgan fingerprint density at radius 3 is 2.50 bits per heavy atom. The molecule has 6 heteroatoms. The summed E-state index contributed by atoms with van der Waals surface area (Å²) in [6.45, 7) is 3.73. The van der Waals surface area contributed by atoms with Crippen LogP contribution < -0.4 is 4.74 Å². The van der Waals surface area contributed by atoms with Gasteiger partial charge in [0.1, 0.15) is 29.1 Å². The van der Waals surface area contributed by atoms with E-state index in [-0.39, 0.29) is 16.7 Å². The molecule has 4 rings (SSSR count). The molecular formula is C18H23NO5. The van der Waals surface area contributed by atoms with Crippen molar-refractivity contribution in [3.05, 3.63) is 33.9 Å². The number of nitro benzene ring substituents is 1. The SMILES string of the molecule is CC1(C)O[C@@H]2c3c(cccc3[N+](=O)[O-])OC3(CCCCCC3)[C@@H]2O1. The van der Waals surface area contributed by atoms with E-state index < -0.39 is 17.5 Å². The third kappa shape index (κ3) is 2.40. The monoisotopic (exact) mass is 333 g/mol. The quantitative estimate of drug-likeness (QED) is 0.567. The number of rotatable bonds is 1. The minimum atomic E-state index is -0.774. The second-order valence-corrected chi connectivity index (χ2v) is 7.50. The van der Waals surface area contributed by atoms with E-state index in [4.69, 9.17) is 14.2 Å². The zero-order chi connectivity index (χ0) is 16.9. The fourth-order valence-electron chi connectivity index (χ4n) is 4.41. The molecule has 1 aromatic rings. The molecule has 3 aliphatic rings. The summed E-state index contributed by atoms with van der Waals surface area (Å²) in [7, 11) is 0. The molecule has 1 saturated heterocycles. The molecule has 0 amide bonds. The molecule has 1 aliphatic carbocycles. The molecular weight excluding hydrogens is 310 g/mol. The van der Waals surface area contributed by atoms with Crippen LogP contribution in [0.1, 0.15) is 64.0 Å². The normalized spacial score (nSPS) is 30.1. The first-order valence-corrected chi connectivity index (χ1v) is 8.74. The maximum atomic E-state index is 11.5. The van der Waals surface area contributed by atoms with Crippen molar-refractivity contribution in [2.45, 2.75) is 76.0 Å².